The molecule has 13 nitrogen and oxygen atoms in total. The number of anilines is 1. The zero-order chi connectivity index (χ0) is 32.9. The maximum atomic E-state index is 13.4. The number of rotatable bonds is 12. The summed E-state index contributed by atoms with van der Waals surface area (Å²) in [6.45, 7) is 8.44. The number of hydrogen-bond donors (Lipinski definition) is 4. The number of hydrogen-bond acceptors (Lipinski definition) is 7. The van der Waals surface area contributed by atoms with Crippen LogP contribution < -0.4 is 26.8 Å². The van der Waals surface area contributed by atoms with Gasteiger partial charge in [0.2, 0.25) is 17.6 Å². The SMILES string of the molecule is CCNC(=O)C(=O)CCC(NC(=O)c1cncn1C)C(=O)Nc1cccn(CC(=O)NC23CC(C)CC(CC(C)(C)C2)C3)c1=O. The van der Waals surface area contributed by atoms with E-state index in [9.17, 15) is 28.8 Å². The normalized spacial score (nSPS) is 22.5. The lowest BCUT2D eigenvalue weighted by Crippen LogP contribution is -2.58. The van der Waals surface area contributed by atoms with E-state index < -0.39 is 35.1 Å². The Hall–Kier alpha value is -4.29. The fourth-order valence-electron chi connectivity index (χ4n) is 7.45. The lowest BCUT2D eigenvalue weighted by Gasteiger charge is -2.53. The number of pyridine rings is 1. The molecule has 2 aliphatic rings. The molecule has 0 saturated heterocycles. The molecule has 0 radical (unpaired) electrons. The average molecular weight is 624 g/mol. The fourth-order valence-corrected chi connectivity index (χ4v) is 7.45. The van der Waals surface area contributed by atoms with Crippen LogP contribution in [0, 0.1) is 17.3 Å². The quantitative estimate of drug-likeness (QED) is 0.261. The molecular weight excluding hydrogens is 578 g/mol. The van der Waals surface area contributed by atoms with E-state index in [0.717, 1.165) is 32.1 Å². The highest BCUT2D eigenvalue weighted by Crippen LogP contribution is 2.52. The lowest BCUT2D eigenvalue weighted by molar-refractivity contribution is -0.138. The summed E-state index contributed by atoms with van der Waals surface area (Å²) in [6, 6.07) is 1.70. The number of carbonyl (C=O) groups is 5. The second kappa shape index (κ2) is 13.8. The summed E-state index contributed by atoms with van der Waals surface area (Å²) in [4.78, 5) is 81.1. The third-order valence-electron chi connectivity index (χ3n) is 8.73. The Kier molecular flexibility index (Phi) is 10.3. The van der Waals surface area contributed by atoms with Gasteiger partial charge in [-0.15, -0.1) is 0 Å². The number of aromatic nitrogens is 3. The van der Waals surface area contributed by atoms with Crippen molar-refractivity contribution in [3.05, 3.63) is 46.9 Å². The number of fused-ring (bicyclic) bond motifs is 2. The topological polar surface area (TPSA) is 173 Å². The Morgan fingerprint density at radius 2 is 1.89 bits per heavy atom. The number of ketones is 1. The number of carbonyl (C=O) groups excluding carboxylic acids is 5. The minimum atomic E-state index is -1.25. The van der Waals surface area contributed by atoms with Gasteiger partial charge in [-0.05, 0) is 74.8 Å². The number of amides is 4. The summed E-state index contributed by atoms with van der Waals surface area (Å²) < 4.78 is 2.70. The van der Waals surface area contributed by atoms with E-state index in [1.165, 1.54) is 33.9 Å². The number of nitrogens with one attached hydrogen (secondary N) is 4. The third kappa shape index (κ3) is 8.46. The monoisotopic (exact) mass is 623 g/mol. The van der Waals surface area contributed by atoms with Gasteiger partial charge < -0.3 is 30.4 Å². The summed E-state index contributed by atoms with van der Waals surface area (Å²) in [6.07, 6.45) is 8.75. The molecule has 2 aromatic heterocycles. The van der Waals surface area contributed by atoms with Crippen LogP contribution in [0.4, 0.5) is 5.69 Å². The summed E-state index contributed by atoms with van der Waals surface area (Å²) in [7, 11) is 1.61. The van der Waals surface area contributed by atoms with E-state index in [1.54, 1.807) is 20.0 Å². The minimum Gasteiger partial charge on any atom is -0.350 e. The number of likely N-dealkylation sites (N-methyl/N-ethyl adjacent to an activating group) is 1. The Morgan fingerprint density at radius 1 is 1.13 bits per heavy atom. The smallest absolute Gasteiger partial charge is 0.287 e. The van der Waals surface area contributed by atoms with Crippen LogP contribution in [-0.4, -0.2) is 61.7 Å². The van der Waals surface area contributed by atoms with E-state index in [4.69, 9.17) is 0 Å². The zero-order valence-electron chi connectivity index (χ0n) is 26.8. The molecule has 13 heteroatoms. The Labute approximate surface area is 262 Å². The van der Waals surface area contributed by atoms with Crippen LogP contribution in [0.25, 0.3) is 0 Å². The standard InChI is InChI=1S/C32H45N7O6/c1-6-34-29(44)25(40)10-9-22(35-28(43)24-16-33-19-38(24)5)27(42)36-23-8-7-11-39(30(23)45)17-26(41)37-32-13-20(2)12-21(15-32)14-31(3,4)18-32/h7-8,11,16,19-22H,6,9-10,12-15,17-18H2,1-5H3,(H,34,44)(H,35,43)(H,36,42)(H,37,41). The first-order valence-corrected chi connectivity index (χ1v) is 15.6. The van der Waals surface area contributed by atoms with Gasteiger partial charge in [0.1, 0.15) is 24.0 Å². The first kappa shape index (κ1) is 33.6. The Morgan fingerprint density at radius 3 is 2.58 bits per heavy atom. The molecule has 2 bridgehead atoms. The van der Waals surface area contributed by atoms with Crippen molar-refractivity contribution in [3.8, 4) is 0 Å². The van der Waals surface area contributed by atoms with Crippen LogP contribution in [-0.2, 0) is 32.8 Å². The molecule has 2 aliphatic carbocycles. The van der Waals surface area contributed by atoms with Crippen molar-refractivity contribution in [1.82, 2.24) is 30.1 Å². The van der Waals surface area contributed by atoms with Gasteiger partial charge in [0, 0.05) is 31.7 Å². The number of imidazole rings is 1. The highest BCUT2D eigenvalue weighted by molar-refractivity contribution is 6.36. The Balaban J connectivity index is 1.47. The highest BCUT2D eigenvalue weighted by atomic mass is 16.2. The second-order valence-corrected chi connectivity index (χ2v) is 13.6. The molecule has 2 heterocycles. The predicted molar refractivity (Wildman–Crippen MR) is 167 cm³/mol. The minimum absolute atomic E-state index is 0.0894. The van der Waals surface area contributed by atoms with Crippen molar-refractivity contribution in [2.45, 2.75) is 90.8 Å². The number of aryl methyl sites for hydroxylation is 1. The zero-order valence-corrected chi connectivity index (χ0v) is 26.8. The van der Waals surface area contributed by atoms with Gasteiger partial charge in [-0.1, -0.05) is 20.8 Å². The molecule has 0 aromatic carbocycles. The maximum absolute atomic E-state index is 13.4. The molecule has 45 heavy (non-hydrogen) atoms. The summed E-state index contributed by atoms with van der Waals surface area (Å²) in [5.41, 5.74) is -0.692. The van der Waals surface area contributed by atoms with Crippen LogP contribution in [0.15, 0.2) is 35.6 Å². The van der Waals surface area contributed by atoms with Crippen LogP contribution in [0.1, 0.15) is 83.1 Å². The molecule has 4 amide bonds. The van der Waals surface area contributed by atoms with E-state index in [1.807, 2.05) is 0 Å². The van der Waals surface area contributed by atoms with Gasteiger partial charge in [0.25, 0.3) is 17.4 Å². The van der Waals surface area contributed by atoms with Gasteiger partial charge in [-0.2, -0.15) is 0 Å². The van der Waals surface area contributed by atoms with Gasteiger partial charge in [-0.25, -0.2) is 4.98 Å². The van der Waals surface area contributed by atoms with Crippen LogP contribution >= 0.6 is 0 Å². The van der Waals surface area contributed by atoms with E-state index in [2.05, 4.69) is 47.0 Å². The van der Waals surface area contributed by atoms with Crippen molar-refractivity contribution in [1.29, 1.82) is 0 Å². The summed E-state index contributed by atoms with van der Waals surface area (Å²) in [5, 5.41) is 10.8. The molecule has 4 rings (SSSR count). The first-order valence-electron chi connectivity index (χ1n) is 15.6. The van der Waals surface area contributed by atoms with Gasteiger partial charge >= 0.3 is 0 Å². The molecule has 244 valence electrons. The van der Waals surface area contributed by atoms with Crippen LogP contribution in [0.5, 0.6) is 0 Å². The van der Waals surface area contributed by atoms with Gasteiger partial charge in [0.05, 0.1) is 12.5 Å². The number of Topliss-reactive ketones (excluding diaryl/α,β-unsaturated/α-hetero) is 1. The van der Waals surface area contributed by atoms with Crippen molar-refractivity contribution >= 4 is 35.1 Å². The van der Waals surface area contributed by atoms with Crippen LogP contribution in [0.3, 0.4) is 0 Å². The van der Waals surface area contributed by atoms with E-state index in [0.29, 0.717) is 11.8 Å². The molecule has 0 aliphatic heterocycles. The Bertz CT molecular complexity index is 1510. The summed E-state index contributed by atoms with van der Waals surface area (Å²) in [5.74, 6) is -2.10. The van der Waals surface area contributed by atoms with Crippen molar-refractivity contribution < 1.29 is 24.0 Å². The summed E-state index contributed by atoms with van der Waals surface area (Å²) >= 11 is 0. The number of nitrogens with zero attached hydrogens (tertiary/aromatic N) is 3. The van der Waals surface area contributed by atoms with Crippen molar-refractivity contribution in [3.63, 3.8) is 0 Å². The molecule has 4 N–H and O–H groups in total. The van der Waals surface area contributed by atoms with Gasteiger partial charge in [-0.3, -0.25) is 28.8 Å². The molecule has 4 unspecified atom stereocenters. The molecule has 2 fully saturated rings. The second-order valence-electron chi connectivity index (χ2n) is 13.6. The van der Waals surface area contributed by atoms with Crippen molar-refractivity contribution in [2.75, 3.05) is 11.9 Å². The predicted octanol–water partition coefficient (Wildman–Crippen LogP) is 1.92. The molecule has 0 spiro atoms. The first-order chi connectivity index (χ1) is 21.2. The van der Waals surface area contributed by atoms with Gasteiger partial charge in [0.15, 0.2) is 0 Å². The highest BCUT2D eigenvalue weighted by Gasteiger charge is 2.48. The van der Waals surface area contributed by atoms with E-state index >= 15 is 0 Å². The molecule has 4 atom stereocenters. The molecular formula is C32H45N7O6. The van der Waals surface area contributed by atoms with Crippen molar-refractivity contribution in [2.24, 2.45) is 24.3 Å². The third-order valence-corrected chi connectivity index (χ3v) is 8.73. The van der Waals surface area contributed by atoms with E-state index in [-0.39, 0.29) is 54.2 Å². The largest absolute Gasteiger partial charge is 0.350 e. The average Bonchev–Trinajstić information content (AvgIpc) is 3.37. The molecule has 2 saturated carbocycles. The fraction of sp³-hybridized carbons (Fsp3) is 0.594. The van der Waals surface area contributed by atoms with Crippen LogP contribution in [0.2, 0.25) is 0 Å². The lowest BCUT2D eigenvalue weighted by atomic mass is 9.56. The maximum Gasteiger partial charge on any atom is 0.287 e. The molecule has 2 aromatic rings.